The van der Waals surface area contributed by atoms with Crippen LogP contribution < -0.4 is 4.90 Å². The molecule has 3 aromatic rings. The molecule has 4 rings (SSSR count). The van der Waals surface area contributed by atoms with Crippen LogP contribution in [0.3, 0.4) is 0 Å². The molecule has 3 aromatic heterocycles. The smallest absolute Gasteiger partial charge is 0.181 e. The summed E-state index contributed by atoms with van der Waals surface area (Å²) < 4.78 is 14.7. The van der Waals surface area contributed by atoms with Crippen molar-refractivity contribution < 1.29 is 5.82 Å². The van der Waals surface area contributed by atoms with Crippen LogP contribution in [-0.4, -0.2) is 33.3 Å². The number of hydrogen-bond donors (Lipinski definition) is 1. The summed E-state index contributed by atoms with van der Waals surface area (Å²) in [5, 5.41) is 17.0. The molecule has 1 aliphatic heterocycles. The monoisotopic (exact) mass is 394 g/mol. The normalized spacial score (nSPS) is 19.6. The lowest BCUT2D eigenvalue weighted by molar-refractivity contribution is 0.243. The predicted molar refractivity (Wildman–Crippen MR) is 113 cm³/mol. The summed E-state index contributed by atoms with van der Waals surface area (Å²) >= 11 is 0. The van der Waals surface area contributed by atoms with E-state index in [2.05, 4.69) is 45.0 Å². The summed E-state index contributed by atoms with van der Waals surface area (Å²) in [6.45, 7) is 6.10. The number of nitrogens with one attached hydrogen (secondary N) is 1. The van der Waals surface area contributed by atoms with E-state index in [1.807, 2.05) is 6.07 Å². The van der Waals surface area contributed by atoms with Crippen molar-refractivity contribution in [2.45, 2.75) is 33.1 Å². The van der Waals surface area contributed by atoms with Crippen LogP contribution in [0.4, 0.5) is 10.2 Å². The van der Waals surface area contributed by atoms with Crippen LogP contribution in [-0.2, 0) is 0 Å². The Bertz CT molecular complexity index is 1040. The first-order valence-electron chi connectivity index (χ1n) is 10.1. The molecular weight excluding hydrogens is 367 g/mol. The fourth-order valence-electron chi connectivity index (χ4n) is 4.36. The minimum atomic E-state index is -0.388. The molecule has 1 N–H and O–H groups in total. The molecule has 1 fully saturated rings. The lowest BCUT2D eigenvalue weighted by Crippen LogP contribution is -2.41. The summed E-state index contributed by atoms with van der Waals surface area (Å²) in [5.74, 6) is 1.80. The van der Waals surface area contributed by atoms with Crippen LogP contribution in [0.5, 0.6) is 0 Å². The molecule has 0 aliphatic carbocycles. The third-order valence-corrected chi connectivity index (χ3v) is 5.74. The second-order valence-corrected chi connectivity index (χ2v) is 8.22. The first kappa shape index (κ1) is 19.3. The highest BCUT2D eigenvalue weighted by molar-refractivity contribution is 5.89. The van der Waals surface area contributed by atoms with Crippen molar-refractivity contribution >= 4 is 16.9 Å². The molecule has 0 radical (unpaired) electrons. The van der Waals surface area contributed by atoms with Gasteiger partial charge in [-0.25, -0.2) is 14.4 Å². The van der Waals surface area contributed by atoms with Crippen LogP contribution in [0.15, 0.2) is 30.5 Å². The molecule has 7 heteroatoms. The molecule has 0 amide bonds. The first-order valence-corrected chi connectivity index (χ1v) is 10.1. The third-order valence-electron chi connectivity index (χ3n) is 5.74. The molecule has 0 spiro atoms. The Hall–Kier alpha value is -3.01. The maximum absolute atomic E-state index is 14.7. The summed E-state index contributed by atoms with van der Waals surface area (Å²) in [6.07, 6.45) is 4.29. The average Bonchev–Trinajstić information content (AvgIpc) is 3.13. The SMILES string of the molecule is CC(C)CC1CN(c2ccc(F)c(-c3[nH]nc4ncccc34)n2)CCC1CC#N.[HH]. The summed E-state index contributed by atoms with van der Waals surface area (Å²) in [4.78, 5) is 11.1. The first-order chi connectivity index (χ1) is 14.1. The Balaban J connectivity index is 0.00000256. The molecule has 2 unspecified atom stereocenters. The van der Waals surface area contributed by atoms with Gasteiger partial charge in [-0.15, -0.1) is 0 Å². The van der Waals surface area contributed by atoms with Crippen molar-refractivity contribution in [2.24, 2.45) is 17.8 Å². The average molecular weight is 394 g/mol. The maximum Gasteiger partial charge on any atom is 0.181 e. The third kappa shape index (κ3) is 3.93. The Labute approximate surface area is 171 Å². The quantitative estimate of drug-likeness (QED) is 0.672. The van der Waals surface area contributed by atoms with Crippen molar-refractivity contribution in [3.63, 3.8) is 0 Å². The Morgan fingerprint density at radius 1 is 1.34 bits per heavy atom. The lowest BCUT2D eigenvalue weighted by Gasteiger charge is -2.39. The Morgan fingerprint density at radius 2 is 2.21 bits per heavy atom. The molecule has 0 saturated carbocycles. The van der Waals surface area contributed by atoms with Crippen LogP contribution in [0.1, 0.15) is 34.5 Å². The topological polar surface area (TPSA) is 81.5 Å². The van der Waals surface area contributed by atoms with E-state index in [0.29, 0.717) is 35.5 Å². The number of aromatic amines is 1. The fraction of sp³-hybridized carbons (Fsp3) is 0.455. The molecule has 1 saturated heterocycles. The molecule has 4 heterocycles. The predicted octanol–water partition coefficient (Wildman–Crippen LogP) is 4.81. The number of nitriles is 1. The maximum atomic E-state index is 14.7. The van der Waals surface area contributed by atoms with E-state index in [-0.39, 0.29) is 12.9 Å². The molecule has 152 valence electrons. The van der Waals surface area contributed by atoms with Crippen molar-refractivity contribution in [3.8, 4) is 17.5 Å². The molecule has 2 atom stereocenters. The second-order valence-electron chi connectivity index (χ2n) is 8.22. The number of fused-ring (bicyclic) bond motifs is 1. The minimum Gasteiger partial charge on any atom is -0.356 e. The van der Waals surface area contributed by atoms with E-state index in [1.54, 1.807) is 18.3 Å². The zero-order valence-corrected chi connectivity index (χ0v) is 16.8. The number of pyridine rings is 2. The van der Waals surface area contributed by atoms with Gasteiger partial charge in [0.15, 0.2) is 11.5 Å². The second kappa shape index (κ2) is 8.16. The van der Waals surface area contributed by atoms with Gasteiger partial charge in [-0.3, -0.25) is 5.10 Å². The van der Waals surface area contributed by atoms with Gasteiger partial charge < -0.3 is 4.90 Å². The van der Waals surface area contributed by atoms with Crippen molar-refractivity contribution in [1.82, 2.24) is 20.2 Å². The molecule has 0 aromatic carbocycles. The van der Waals surface area contributed by atoms with E-state index in [4.69, 9.17) is 0 Å². The molecule has 0 bridgehead atoms. The molecule has 1 aliphatic rings. The molecular formula is C22H27FN6. The number of anilines is 1. The summed E-state index contributed by atoms with van der Waals surface area (Å²) in [7, 11) is 0. The van der Waals surface area contributed by atoms with E-state index < -0.39 is 0 Å². The van der Waals surface area contributed by atoms with Gasteiger partial charge in [0.25, 0.3) is 0 Å². The number of H-pyrrole nitrogens is 1. The van der Waals surface area contributed by atoms with E-state index in [1.165, 1.54) is 6.07 Å². The van der Waals surface area contributed by atoms with Crippen molar-refractivity contribution in [3.05, 3.63) is 36.3 Å². The van der Waals surface area contributed by atoms with Crippen LogP contribution in [0, 0.1) is 34.9 Å². The van der Waals surface area contributed by atoms with Gasteiger partial charge in [0, 0.05) is 32.5 Å². The summed E-state index contributed by atoms with van der Waals surface area (Å²) in [5.41, 5.74) is 1.35. The highest BCUT2D eigenvalue weighted by Crippen LogP contribution is 2.34. The number of rotatable bonds is 5. The number of hydrogen-bond acceptors (Lipinski definition) is 5. The van der Waals surface area contributed by atoms with Crippen LogP contribution >= 0.6 is 0 Å². The largest absolute Gasteiger partial charge is 0.356 e. The van der Waals surface area contributed by atoms with Crippen molar-refractivity contribution in [2.75, 3.05) is 18.0 Å². The lowest BCUT2D eigenvalue weighted by atomic mass is 9.79. The Morgan fingerprint density at radius 3 is 3.00 bits per heavy atom. The van der Waals surface area contributed by atoms with Gasteiger partial charge in [-0.05, 0) is 54.9 Å². The van der Waals surface area contributed by atoms with Gasteiger partial charge >= 0.3 is 0 Å². The van der Waals surface area contributed by atoms with Gasteiger partial charge in [0.2, 0.25) is 0 Å². The van der Waals surface area contributed by atoms with Gasteiger partial charge in [0.05, 0.1) is 11.8 Å². The van der Waals surface area contributed by atoms with Crippen molar-refractivity contribution in [1.29, 1.82) is 5.26 Å². The highest BCUT2D eigenvalue weighted by atomic mass is 19.1. The van der Waals surface area contributed by atoms with Crippen LogP contribution in [0.25, 0.3) is 22.4 Å². The van der Waals surface area contributed by atoms with Crippen LogP contribution in [0.2, 0.25) is 0 Å². The highest BCUT2D eigenvalue weighted by Gasteiger charge is 2.30. The zero-order valence-electron chi connectivity index (χ0n) is 16.8. The minimum absolute atomic E-state index is 0. The Kier molecular flexibility index (Phi) is 5.43. The number of piperidine rings is 1. The number of halogens is 1. The summed E-state index contributed by atoms with van der Waals surface area (Å²) in [6, 6.07) is 9.23. The number of aromatic nitrogens is 4. The molecule has 6 nitrogen and oxygen atoms in total. The standard InChI is InChI=1S/C22H25FN6.H2/c1-14(2)12-16-13-29(11-8-15(16)7-9-24)19-6-5-18(23)21(26-19)20-17-4-3-10-25-22(17)28-27-20;/h3-6,10,14-16H,7-8,11-13H2,1-2H3,(H,25,27,28);1H. The van der Waals surface area contributed by atoms with E-state index >= 15 is 0 Å². The number of nitrogens with zero attached hydrogens (tertiary/aromatic N) is 5. The molecule has 29 heavy (non-hydrogen) atoms. The van der Waals surface area contributed by atoms with Gasteiger partial charge in [-0.1, -0.05) is 13.8 Å². The zero-order chi connectivity index (χ0) is 20.4. The van der Waals surface area contributed by atoms with E-state index in [0.717, 1.165) is 37.1 Å². The fourth-order valence-corrected chi connectivity index (χ4v) is 4.36. The van der Waals surface area contributed by atoms with E-state index in [9.17, 15) is 9.65 Å². The van der Waals surface area contributed by atoms with Gasteiger partial charge in [-0.2, -0.15) is 10.4 Å². The van der Waals surface area contributed by atoms with Gasteiger partial charge in [0.1, 0.15) is 11.5 Å².